The lowest BCUT2D eigenvalue weighted by atomic mass is 10.1. The van der Waals surface area contributed by atoms with Crippen LogP contribution in [0.5, 0.6) is 0 Å². The van der Waals surface area contributed by atoms with Crippen molar-refractivity contribution >= 4 is 6.29 Å². The molecular weight excluding hydrogens is 166 g/mol. The van der Waals surface area contributed by atoms with Gasteiger partial charge in [-0.05, 0) is 5.56 Å². The van der Waals surface area contributed by atoms with Crippen LogP contribution in [0.1, 0.15) is 10.5 Å². The fourth-order valence-corrected chi connectivity index (χ4v) is 1.16. The summed E-state index contributed by atoms with van der Waals surface area (Å²) in [6.45, 7) is 0. The van der Waals surface area contributed by atoms with Gasteiger partial charge in [0, 0.05) is 0 Å². The van der Waals surface area contributed by atoms with Gasteiger partial charge in [0.2, 0.25) is 0 Å². The van der Waals surface area contributed by atoms with E-state index in [1.165, 1.54) is 6.26 Å². The quantitative estimate of drug-likeness (QED) is 0.653. The largest absolute Gasteiger partial charge is 0.363 e. The summed E-state index contributed by atoms with van der Waals surface area (Å²) in [6, 6.07) is 9.52. The van der Waals surface area contributed by atoms with Gasteiger partial charge in [0.05, 0.1) is 5.56 Å². The van der Waals surface area contributed by atoms with Crippen LogP contribution in [-0.4, -0.2) is 11.4 Å². The zero-order valence-corrected chi connectivity index (χ0v) is 6.81. The fourth-order valence-electron chi connectivity index (χ4n) is 1.16. The van der Waals surface area contributed by atoms with Crippen LogP contribution in [-0.2, 0) is 0 Å². The van der Waals surface area contributed by atoms with E-state index in [-0.39, 0.29) is 0 Å². The lowest BCUT2D eigenvalue weighted by Gasteiger charge is -1.94. The van der Waals surface area contributed by atoms with Crippen LogP contribution in [0.4, 0.5) is 0 Å². The SMILES string of the molecule is O=Cc1nocc1-c1ccccc1. The molecule has 0 N–H and O–H groups in total. The fraction of sp³-hybridized carbons (Fsp3) is 0. The van der Waals surface area contributed by atoms with Crippen molar-refractivity contribution in [3.05, 3.63) is 42.3 Å². The van der Waals surface area contributed by atoms with Crippen molar-refractivity contribution in [2.45, 2.75) is 0 Å². The smallest absolute Gasteiger partial charge is 0.172 e. The molecule has 0 spiro atoms. The van der Waals surface area contributed by atoms with Crippen molar-refractivity contribution in [3.8, 4) is 11.1 Å². The minimum atomic E-state index is 0.339. The van der Waals surface area contributed by atoms with Gasteiger partial charge in [-0.3, -0.25) is 4.79 Å². The highest BCUT2D eigenvalue weighted by molar-refractivity contribution is 5.84. The highest BCUT2D eigenvalue weighted by atomic mass is 16.5. The molecular formula is C10H7NO2. The monoisotopic (exact) mass is 173 g/mol. The maximum absolute atomic E-state index is 10.5. The number of rotatable bonds is 2. The lowest BCUT2D eigenvalue weighted by Crippen LogP contribution is -1.82. The Hall–Kier alpha value is -1.90. The predicted octanol–water partition coefficient (Wildman–Crippen LogP) is 2.15. The van der Waals surface area contributed by atoms with E-state index in [1.807, 2.05) is 30.3 Å². The van der Waals surface area contributed by atoms with E-state index in [0.717, 1.165) is 11.1 Å². The first kappa shape index (κ1) is 7.73. The topological polar surface area (TPSA) is 43.1 Å². The summed E-state index contributed by atoms with van der Waals surface area (Å²) < 4.78 is 4.71. The van der Waals surface area contributed by atoms with E-state index in [0.29, 0.717) is 12.0 Å². The van der Waals surface area contributed by atoms with Gasteiger partial charge in [0.25, 0.3) is 0 Å². The summed E-state index contributed by atoms with van der Waals surface area (Å²) in [5, 5.41) is 3.57. The Balaban J connectivity index is 2.52. The summed E-state index contributed by atoms with van der Waals surface area (Å²) in [4.78, 5) is 10.5. The maximum Gasteiger partial charge on any atom is 0.172 e. The molecule has 1 heterocycles. The van der Waals surface area contributed by atoms with Crippen molar-refractivity contribution in [1.82, 2.24) is 5.16 Å². The molecule has 2 rings (SSSR count). The van der Waals surface area contributed by atoms with Crippen LogP contribution in [0.25, 0.3) is 11.1 Å². The minimum Gasteiger partial charge on any atom is -0.363 e. The molecule has 0 atom stereocenters. The highest BCUT2D eigenvalue weighted by Crippen LogP contribution is 2.20. The van der Waals surface area contributed by atoms with Crippen LogP contribution in [0.2, 0.25) is 0 Å². The summed E-state index contributed by atoms with van der Waals surface area (Å²) in [6.07, 6.45) is 2.16. The first-order valence-electron chi connectivity index (χ1n) is 3.87. The number of carbonyl (C=O) groups is 1. The van der Waals surface area contributed by atoms with Crippen molar-refractivity contribution in [2.75, 3.05) is 0 Å². The second-order valence-corrected chi connectivity index (χ2v) is 2.60. The van der Waals surface area contributed by atoms with E-state index in [9.17, 15) is 4.79 Å². The number of benzene rings is 1. The molecule has 0 unspecified atom stereocenters. The number of aromatic nitrogens is 1. The van der Waals surface area contributed by atoms with Crippen LogP contribution in [0.15, 0.2) is 41.1 Å². The average Bonchev–Trinajstić information content (AvgIpc) is 2.67. The van der Waals surface area contributed by atoms with Crippen LogP contribution < -0.4 is 0 Å². The standard InChI is InChI=1S/C10H7NO2/c12-6-10-9(7-13-11-10)8-4-2-1-3-5-8/h1-7H. The Morgan fingerprint density at radius 3 is 2.69 bits per heavy atom. The molecule has 0 aliphatic rings. The third-order valence-corrected chi connectivity index (χ3v) is 1.79. The van der Waals surface area contributed by atoms with Crippen LogP contribution in [0.3, 0.4) is 0 Å². The molecule has 2 aromatic rings. The molecule has 0 aliphatic carbocycles. The van der Waals surface area contributed by atoms with Gasteiger partial charge in [-0.1, -0.05) is 35.5 Å². The zero-order chi connectivity index (χ0) is 9.10. The van der Waals surface area contributed by atoms with Gasteiger partial charge >= 0.3 is 0 Å². The maximum atomic E-state index is 10.5. The molecule has 0 bridgehead atoms. The lowest BCUT2D eigenvalue weighted by molar-refractivity contribution is 0.111. The molecule has 13 heavy (non-hydrogen) atoms. The summed E-state index contributed by atoms with van der Waals surface area (Å²) >= 11 is 0. The normalized spacial score (nSPS) is 9.85. The average molecular weight is 173 g/mol. The van der Waals surface area contributed by atoms with Gasteiger partial charge in [-0.2, -0.15) is 0 Å². The van der Waals surface area contributed by atoms with Crippen molar-refractivity contribution in [3.63, 3.8) is 0 Å². The summed E-state index contributed by atoms with van der Waals surface area (Å²) in [7, 11) is 0. The molecule has 0 fully saturated rings. The summed E-state index contributed by atoms with van der Waals surface area (Å²) in [5.74, 6) is 0. The Labute approximate surface area is 75.0 Å². The van der Waals surface area contributed by atoms with Crippen molar-refractivity contribution < 1.29 is 9.32 Å². The molecule has 0 saturated carbocycles. The van der Waals surface area contributed by atoms with E-state index in [2.05, 4.69) is 5.16 Å². The molecule has 0 radical (unpaired) electrons. The Morgan fingerprint density at radius 1 is 1.23 bits per heavy atom. The third-order valence-electron chi connectivity index (χ3n) is 1.79. The van der Waals surface area contributed by atoms with E-state index < -0.39 is 0 Å². The third kappa shape index (κ3) is 1.36. The Bertz CT molecular complexity index is 406. The molecule has 1 aromatic heterocycles. The van der Waals surface area contributed by atoms with Crippen LogP contribution >= 0.6 is 0 Å². The highest BCUT2D eigenvalue weighted by Gasteiger charge is 2.07. The van der Waals surface area contributed by atoms with Gasteiger partial charge in [0.15, 0.2) is 12.0 Å². The first-order chi connectivity index (χ1) is 6.42. The number of hydrogen-bond acceptors (Lipinski definition) is 3. The van der Waals surface area contributed by atoms with E-state index in [1.54, 1.807) is 0 Å². The first-order valence-corrected chi connectivity index (χ1v) is 3.87. The predicted molar refractivity (Wildman–Crippen MR) is 47.3 cm³/mol. The number of aldehydes is 1. The Kier molecular flexibility index (Phi) is 1.92. The molecule has 64 valence electrons. The molecule has 3 heteroatoms. The van der Waals surface area contributed by atoms with Gasteiger partial charge in [0.1, 0.15) is 6.26 Å². The summed E-state index contributed by atoms with van der Waals surface area (Å²) in [5.41, 5.74) is 2.01. The molecule has 0 aliphatic heterocycles. The Morgan fingerprint density at radius 2 is 2.00 bits per heavy atom. The minimum absolute atomic E-state index is 0.339. The van der Waals surface area contributed by atoms with Gasteiger partial charge < -0.3 is 4.52 Å². The van der Waals surface area contributed by atoms with Gasteiger partial charge in [-0.25, -0.2) is 0 Å². The van der Waals surface area contributed by atoms with Gasteiger partial charge in [-0.15, -0.1) is 0 Å². The van der Waals surface area contributed by atoms with E-state index in [4.69, 9.17) is 4.52 Å². The van der Waals surface area contributed by atoms with Crippen molar-refractivity contribution in [2.24, 2.45) is 0 Å². The van der Waals surface area contributed by atoms with Crippen molar-refractivity contribution in [1.29, 1.82) is 0 Å². The molecule has 3 nitrogen and oxygen atoms in total. The number of nitrogens with zero attached hydrogens (tertiary/aromatic N) is 1. The van der Waals surface area contributed by atoms with E-state index >= 15 is 0 Å². The van der Waals surface area contributed by atoms with Crippen LogP contribution in [0, 0.1) is 0 Å². The second kappa shape index (κ2) is 3.23. The number of hydrogen-bond donors (Lipinski definition) is 0. The number of carbonyl (C=O) groups excluding carboxylic acids is 1. The molecule has 0 saturated heterocycles. The molecule has 0 amide bonds. The zero-order valence-electron chi connectivity index (χ0n) is 6.81. The second-order valence-electron chi connectivity index (χ2n) is 2.60. The molecule has 1 aromatic carbocycles.